The lowest BCUT2D eigenvalue weighted by Crippen LogP contribution is -2.47. The van der Waals surface area contributed by atoms with Gasteiger partial charge in [-0.3, -0.25) is 14.5 Å². The van der Waals surface area contributed by atoms with E-state index in [1.165, 1.54) is 23.2 Å². The van der Waals surface area contributed by atoms with Gasteiger partial charge < -0.3 is 9.64 Å². The van der Waals surface area contributed by atoms with Crippen LogP contribution in [-0.4, -0.2) is 78.3 Å². The summed E-state index contributed by atoms with van der Waals surface area (Å²) in [6, 6.07) is 11.7. The van der Waals surface area contributed by atoms with Crippen molar-refractivity contribution in [1.29, 1.82) is 0 Å². The molecule has 2 aromatic carbocycles. The smallest absolute Gasteiger partial charge is 0.262 e. The average molecular weight is 527 g/mol. The number of hydrogen-bond donors (Lipinski definition) is 0. The number of rotatable bonds is 8. The standard InChI is InChI=1S/C29H36F2N4O3/c1-29(2,3)19-27(36)34(13-12-33-14-16-38-17-15-33)20-28(37)35-26(21-8-10-22(30)11-9-21)18-25(32-35)23-6-4-5-7-24(23)31/h4-11,26H,12-20H2,1-3H3. The predicted octanol–water partition coefficient (Wildman–Crippen LogP) is 4.24. The summed E-state index contributed by atoms with van der Waals surface area (Å²) < 4.78 is 33.7. The van der Waals surface area contributed by atoms with Crippen molar-refractivity contribution in [2.75, 3.05) is 45.9 Å². The van der Waals surface area contributed by atoms with Crippen LogP contribution in [0.3, 0.4) is 0 Å². The van der Waals surface area contributed by atoms with Crippen molar-refractivity contribution in [3.63, 3.8) is 0 Å². The monoisotopic (exact) mass is 526 g/mol. The van der Waals surface area contributed by atoms with Crippen LogP contribution in [-0.2, 0) is 14.3 Å². The second kappa shape index (κ2) is 12.1. The lowest BCUT2D eigenvalue weighted by molar-refractivity contribution is -0.142. The van der Waals surface area contributed by atoms with Gasteiger partial charge in [0.05, 0.1) is 25.0 Å². The highest BCUT2D eigenvalue weighted by Gasteiger charge is 2.35. The fourth-order valence-electron chi connectivity index (χ4n) is 4.72. The summed E-state index contributed by atoms with van der Waals surface area (Å²) in [7, 11) is 0. The number of carbonyl (C=O) groups excluding carboxylic acids is 2. The first kappa shape index (κ1) is 27.9. The lowest BCUT2D eigenvalue weighted by atomic mass is 9.91. The molecule has 0 saturated carbocycles. The Morgan fingerprint density at radius 1 is 1.05 bits per heavy atom. The molecule has 2 amide bonds. The Balaban J connectivity index is 1.58. The number of amides is 2. The first-order valence-electron chi connectivity index (χ1n) is 13.1. The molecule has 0 spiro atoms. The number of carbonyl (C=O) groups is 2. The summed E-state index contributed by atoms with van der Waals surface area (Å²) in [5.74, 6) is -1.28. The molecule has 1 unspecified atom stereocenters. The van der Waals surface area contributed by atoms with E-state index < -0.39 is 11.9 Å². The Kier molecular flexibility index (Phi) is 8.89. The topological polar surface area (TPSA) is 65.5 Å². The molecule has 4 rings (SSSR count). The van der Waals surface area contributed by atoms with Crippen molar-refractivity contribution in [2.24, 2.45) is 10.5 Å². The van der Waals surface area contributed by atoms with Crippen molar-refractivity contribution in [2.45, 2.75) is 39.7 Å². The van der Waals surface area contributed by atoms with Gasteiger partial charge in [-0.15, -0.1) is 0 Å². The minimum atomic E-state index is -0.531. The SMILES string of the molecule is CC(C)(C)CC(=O)N(CCN1CCOCC1)CC(=O)N1N=C(c2ccccc2F)CC1c1ccc(F)cc1. The van der Waals surface area contributed by atoms with Crippen LogP contribution in [0.15, 0.2) is 53.6 Å². The van der Waals surface area contributed by atoms with E-state index in [9.17, 15) is 18.4 Å². The molecule has 0 aromatic heterocycles. The van der Waals surface area contributed by atoms with Gasteiger partial charge >= 0.3 is 0 Å². The third kappa shape index (κ3) is 7.23. The van der Waals surface area contributed by atoms with Gasteiger partial charge in [-0.1, -0.05) is 51.1 Å². The van der Waals surface area contributed by atoms with Gasteiger partial charge in [0.25, 0.3) is 5.91 Å². The molecule has 1 fully saturated rings. The van der Waals surface area contributed by atoms with Crippen LogP contribution < -0.4 is 0 Å². The molecule has 1 atom stereocenters. The number of hydrazone groups is 1. The summed E-state index contributed by atoms with van der Waals surface area (Å²) in [6.07, 6.45) is 0.580. The number of nitrogens with zero attached hydrogens (tertiary/aromatic N) is 4. The van der Waals surface area contributed by atoms with Gasteiger partial charge in [0.15, 0.2) is 0 Å². The van der Waals surface area contributed by atoms with E-state index in [0.29, 0.717) is 49.6 Å². The Morgan fingerprint density at radius 3 is 2.39 bits per heavy atom. The summed E-state index contributed by atoms with van der Waals surface area (Å²) in [5, 5.41) is 5.87. The molecule has 1 saturated heterocycles. The van der Waals surface area contributed by atoms with E-state index in [1.807, 2.05) is 20.8 Å². The van der Waals surface area contributed by atoms with E-state index in [0.717, 1.165) is 13.1 Å². The van der Waals surface area contributed by atoms with Gasteiger partial charge in [-0.2, -0.15) is 5.10 Å². The number of morpholine rings is 1. The largest absolute Gasteiger partial charge is 0.379 e. The maximum absolute atomic E-state index is 14.6. The molecule has 0 radical (unpaired) electrons. The summed E-state index contributed by atoms with van der Waals surface area (Å²) in [4.78, 5) is 30.8. The highest BCUT2D eigenvalue weighted by atomic mass is 19.1. The molecule has 0 aliphatic carbocycles. The highest BCUT2D eigenvalue weighted by molar-refractivity contribution is 6.03. The maximum Gasteiger partial charge on any atom is 0.262 e. The second-order valence-electron chi connectivity index (χ2n) is 11.0. The highest BCUT2D eigenvalue weighted by Crippen LogP contribution is 2.33. The molecule has 0 bridgehead atoms. The van der Waals surface area contributed by atoms with Gasteiger partial charge in [-0.05, 0) is 29.2 Å². The predicted molar refractivity (Wildman–Crippen MR) is 141 cm³/mol. The molecule has 204 valence electrons. The van der Waals surface area contributed by atoms with Crippen molar-refractivity contribution < 1.29 is 23.1 Å². The first-order valence-corrected chi connectivity index (χ1v) is 13.1. The summed E-state index contributed by atoms with van der Waals surface area (Å²) in [5.41, 5.74) is 1.21. The van der Waals surface area contributed by atoms with E-state index in [-0.39, 0.29) is 36.0 Å². The minimum absolute atomic E-state index is 0.102. The van der Waals surface area contributed by atoms with Crippen molar-refractivity contribution >= 4 is 17.5 Å². The molecular formula is C29H36F2N4O3. The molecule has 7 nitrogen and oxygen atoms in total. The van der Waals surface area contributed by atoms with Crippen LogP contribution in [0.4, 0.5) is 8.78 Å². The molecule has 0 N–H and O–H groups in total. The molecule has 2 aromatic rings. The fourth-order valence-corrected chi connectivity index (χ4v) is 4.72. The van der Waals surface area contributed by atoms with Gasteiger partial charge in [0.2, 0.25) is 5.91 Å². The number of hydrogen-bond acceptors (Lipinski definition) is 5. The normalized spacial score (nSPS) is 18.4. The Labute approximate surface area is 223 Å². The summed E-state index contributed by atoms with van der Waals surface area (Å²) in [6.45, 7) is 9.72. The number of ether oxygens (including phenoxy) is 1. The Bertz CT molecular complexity index is 1160. The minimum Gasteiger partial charge on any atom is -0.379 e. The molecule has 2 heterocycles. The fraction of sp³-hybridized carbons (Fsp3) is 0.483. The van der Waals surface area contributed by atoms with Crippen LogP contribution in [0.2, 0.25) is 0 Å². The van der Waals surface area contributed by atoms with Gasteiger partial charge in [0, 0.05) is 44.6 Å². The third-order valence-corrected chi connectivity index (χ3v) is 6.76. The summed E-state index contributed by atoms with van der Waals surface area (Å²) >= 11 is 0. The molecular weight excluding hydrogens is 490 g/mol. The number of benzene rings is 2. The van der Waals surface area contributed by atoms with Gasteiger partial charge in [0.1, 0.15) is 18.2 Å². The van der Waals surface area contributed by atoms with Crippen LogP contribution in [0, 0.1) is 17.0 Å². The van der Waals surface area contributed by atoms with E-state index >= 15 is 0 Å². The zero-order chi connectivity index (χ0) is 27.3. The molecule has 2 aliphatic heterocycles. The quantitative estimate of drug-likeness (QED) is 0.516. The molecule has 38 heavy (non-hydrogen) atoms. The van der Waals surface area contributed by atoms with Crippen molar-refractivity contribution in [1.82, 2.24) is 14.8 Å². The van der Waals surface area contributed by atoms with Crippen molar-refractivity contribution in [3.8, 4) is 0 Å². The van der Waals surface area contributed by atoms with E-state index in [2.05, 4.69) is 10.0 Å². The first-order chi connectivity index (χ1) is 18.1. The van der Waals surface area contributed by atoms with Crippen LogP contribution in [0.5, 0.6) is 0 Å². The Morgan fingerprint density at radius 2 is 1.74 bits per heavy atom. The Hall–Kier alpha value is -3.17. The third-order valence-electron chi connectivity index (χ3n) is 6.76. The lowest BCUT2D eigenvalue weighted by Gasteiger charge is -2.32. The maximum atomic E-state index is 14.6. The van der Waals surface area contributed by atoms with E-state index in [4.69, 9.17) is 4.74 Å². The van der Waals surface area contributed by atoms with Crippen molar-refractivity contribution in [3.05, 3.63) is 71.3 Å². The van der Waals surface area contributed by atoms with Crippen LogP contribution in [0.1, 0.15) is 50.8 Å². The average Bonchev–Trinajstić information content (AvgIpc) is 3.32. The second-order valence-corrected chi connectivity index (χ2v) is 11.0. The molecule has 9 heteroatoms. The zero-order valence-electron chi connectivity index (χ0n) is 22.3. The number of halogens is 2. The van der Waals surface area contributed by atoms with E-state index in [1.54, 1.807) is 35.2 Å². The van der Waals surface area contributed by atoms with Crippen LogP contribution >= 0.6 is 0 Å². The van der Waals surface area contributed by atoms with Gasteiger partial charge in [-0.25, -0.2) is 13.8 Å². The van der Waals surface area contributed by atoms with Crippen LogP contribution in [0.25, 0.3) is 0 Å². The zero-order valence-corrected chi connectivity index (χ0v) is 22.3. The molecule has 2 aliphatic rings.